The maximum Gasteiger partial charge on any atom is 0.249 e. The topological polar surface area (TPSA) is 61.4 Å². The van der Waals surface area contributed by atoms with E-state index in [0.717, 1.165) is 31.5 Å². The lowest BCUT2D eigenvalue weighted by molar-refractivity contribution is -0.128. The third-order valence-corrected chi connectivity index (χ3v) is 4.49. The van der Waals surface area contributed by atoms with Gasteiger partial charge in [0.05, 0.1) is 6.04 Å². The van der Waals surface area contributed by atoms with Gasteiger partial charge in [-0.15, -0.1) is 12.4 Å². The summed E-state index contributed by atoms with van der Waals surface area (Å²) >= 11 is 0. The second kappa shape index (κ2) is 7.79. The number of nitrogens with one attached hydrogen (secondary N) is 2. The standard InChI is InChI=1S/C17H23N3O2.ClH/c1-12-5-7-13(8-6-12)20-11-9-15(17(20)22)19-16(21)14-4-2-3-10-18-14;/h5-8,14-15,18H,2-4,9-11H2,1H3,(H,19,21);1H. The van der Waals surface area contributed by atoms with Crippen molar-refractivity contribution in [3.63, 3.8) is 0 Å². The Bertz CT molecular complexity index is 555. The van der Waals surface area contributed by atoms with Gasteiger partial charge in [0.25, 0.3) is 0 Å². The van der Waals surface area contributed by atoms with E-state index in [1.807, 2.05) is 31.2 Å². The SMILES string of the molecule is Cc1ccc(N2CCC(NC(=O)C3CCCCN3)C2=O)cc1.Cl. The van der Waals surface area contributed by atoms with Gasteiger partial charge in [0.1, 0.15) is 6.04 Å². The normalized spacial score (nSPS) is 24.2. The Morgan fingerprint density at radius 2 is 1.96 bits per heavy atom. The average Bonchev–Trinajstić information content (AvgIpc) is 2.90. The van der Waals surface area contributed by atoms with Gasteiger partial charge in [-0.3, -0.25) is 9.59 Å². The number of carbonyl (C=O) groups excluding carboxylic acids is 2. The molecule has 23 heavy (non-hydrogen) atoms. The Labute approximate surface area is 143 Å². The molecule has 2 atom stereocenters. The smallest absolute Gasteiger partial charge is 0.249 e. The number of aryl methyl sites for hydroxylation is 1. The largest absolute Gasteiger partial charge is 0.343 e. The first-order chi connectivity index (χ1) is 10.6. The lowest BCUT2D eigenvalue weighted by Gasteiger charge is -2.24. The number of piperidine rings is 1. The molecule has 0 saturated carbocycles. The maximum atomic E-state index is 12.5. The first-order valence-corrected chi connectivity index (χ1v) is 8.07. The van der Waals surface area contributed by atoms with Crippen LogP contribution >= 0.6 is 12.4 Å². The lowest BCUT2D eigenvalue weighted by atomic mass is 10.0. The molecule has 0 aliphatic carbocycles. The molecule has 2 aliphatic rings. The van der Waals surface area contributed by atoms with Crippen LogP contribution in [0, 0.1) is 6.92 Å². The zero-order chi connectivity index (χ0) is 15.5. The fraction of sp³-hybridized carbons (Fsp3) is 0.529. The molecule has 0 aromatic heterocycles. The fourth-order valence-electron chi connectivity index (χ4n) is 3.14. The predicted molar refractivity (Wildman–Crippen MR) is 93.0 cm³/mol. The molecule has 2 aliphatic heterocycles. The summed E-state index contributed by atoms with van der Waals surface area (Å²) in [6, 6.07) is 7.38. The zero-order valence-corrected chi connectivity index (χ0v) is 14.2. The number of hydrogen-bond donors (Lipinski definition) is 2. The maximum absolute atomic E-state index is 12.5. The molecule has 2 saturated heterocycles. The van der Waals surface area contributed by atoms with E-state index < -0.39 is 6.04 Å². The molecule has 5 nitrogen and oxygen atoms in total. The van der Waals surface area contributed by atoms with Crippen LogP contribution in [0.4, 0.5) is 5.69 Å². The van der Waals surface area contributed by atoms with E-state index in [1.165, 1.54) is 5.56 Å². The number of nitrogens with zero attached hydrogens (tertiary/aromatic N) is 1. The van der Waals surface area contributed by atoms with Crippen LogP contribution in [-0.4, -0.2) is 37.0 Å². The van der Waals surface area contributed by atoms with Crippen LogP contribution in [0.1, 0.15) is 31.2 Å². The summed E-state index contributed by atoms with van der Waals surface area (Å²) in [5.41, 5.74) is 2.08. The van der Waals surface area contributed by atoms with Crippen molar-refractivity contribution in [1.82, 2.24) is 10.6 Å². The highest BCUT2D eigenvalue weighted by molar-refractivity contribution is 6.01. The van der Waals surface area contributed by atoms with Crippen molar-refractivity contribution < 1.29 is 9.59 Å². The minimum atomic E-state index is -0.391. The van der Waals surface area contributed by atoms with Gasteiger partial charge in [0.2, 0.25) is 11.8 Å². The van der Waals surface area contributed by atoms with E-state index in [2.05, 4.69) is 10.6 Å². The van der Waals surface area contributed by atoms with E-state index in [1.54, 1.807) is 4.90 Å². The molecule has 2 N–H and O–H groups in total. The molecule has 2 amide bonds. The molecule has 2 unspecified atom stereocenters. The van der Waals surface area contributed by atoms with Gasteiger partial charge >= 0.3 is 0 Å². The number of carbonyl (C=O) groups is 2. The van der Waals surface area contributed by atoms with Crippen LogP contribution in [0.3, 0.4) is 0 Å². The molecule has 3 rings (SSSR count). The van der Waals surface area contributed by atoms with Crippen molar-refractivity contribution in [3.8, 4) is 0 Å². The van der Waals surface area contributed by atoms with Crippen LogP contribution in [-0.2, 0) is 9.59 Å². The van der Waals surface area contributed by atoms with Crippen molar-refractivity contribution in [1.29, 1.82) is 0 Å². The number of hydrogen-bond acceptors (Lipinski definition) is 3. The van der Waals surface area contributed by atoms with Crippen LogP contribution in [0.5, 0.6) is 0 Å². The molecule has 0 bridgehead atoms. The van der Waals surface area contributed by atoms with Crippen molar-refractivity contribution >= 4 is 29.9 Å². The summed E-state index contributed by atoms with van der Waals surface area (Å²) in [6.07, 6.45) is 3.71. The van der Waals surface area contributed by atoms with Gasteiger partial charge in [-0.05, 0) is 44.9 Å². The highest BCUT2D eigenvalue weighted by Gasteiger charge is 2.35. The van der Waals surface area contributed by atoms with E-state index in [0.29, 0.717) is 13.0 Å². The summed E-state index contributed by atoms with van der Waals surface area (Å²) < 4.78 is 0. The van der Waals surface area contributed by atoms with Crippen LogP contribution in [0.25, 0.3) is 0 Å². The molecular weight excluding hydrogens is 314 g/mol. The highest BCUT2D eigenvalue weighted by atomic mass is 35.5. The van der Waals surface area contributed by atoms with Crippen LogP contribution in [0.15, 0.2) is 24.3 Å². The Kier molecular flexibility index (Phi) is 6.02. The van der Waals surface area contributed by atoms with Gasteiger partial charge in [-0.2, -0.15) is 0 Å². The van der Waals surface area contributed by atoms with E-state index in [-0.39, 0.29) is 30.3 Å². The summed E-state index contributed by atoms with van der Waals surface area (Å²) in [6.45, 7) is 3.56. The number of benzene rings is 1. The molecule has 6 heteroatoms. The Balaban J connectivity index is 0.00000192. The summed E-state index contributed by atoms with van der Waals surface area (Å²) in [7, 11) is 0. The first kappa shape index (κ1) is 17.8. The first-order valence-electron chi connectivity index (χ1n) is 8.07. The van der Waals surface area contributed by atoms with E-state index >= 15 is 0 Å². The molecule has 126 valence electrons. The van der Waals surface area contributed by atoms with Gasteiger partial charge < -0.3 is 15.5 Å². The second-order valence-corrected chi connectivity index (χ2v) is 6.18. The van der Waals surface area contributed by atoms with Crippen molar-refractivity contribution in [2.24, 2.45) is 0 Å². The third-order valence-electron chi connectivity index (χ3n) is 4.49. The van der Waals surface area contributed by atoms with Gasteiger partial charge in [-0.1, -0.05) is 24.1 Å². The van der Waals surface area contributed by atoms with Crippen molar-refractivity contribution in [3.05, 3.63) is 29.8 Å². The molecule has 1 aromatic rings. The van der Waals surface area contributed by atoms with Gasteiger partial charge in [-0.25, -0.2) is 0 Å². The fourth-order valence-corrected chi connectivity index (χ4v) is 3.14. The Morgan fingerprint density at radius 1 is 1.22 bits per heavy atom. The number of anilines is 1. The molecular formula is C17H24ClN3O2. The quantitative estimate of drug-likeness (QED) is 0.884. The minimum absolute atomic E-state index is 0. The van der Waals surface area contributed by atoms with Crippen molar-refractivity contribution in [2.45, 2.75) is 44.7 Å². The number of amides is 2. The molecule has 2 fully saturated rings. The molecule has 0 radical (unpaired) electrons. The van der Waals surface area contributed by atoms with Gasteiger partial charge in [0.15, 0.2) is 0 Å². The monoisotopic (exact) mass is 337 g/mol. The highest BCUT2D eigenvalue weighted by Crippen LogP contribution is 2.22. The van der Waals surface area contributed by atoms with Crippen LogP contribution in [0.2, 0.25) is 0 Å². The summed E-state index contributed by atoms with van der Waals surface area (Å²) in [5.74, 6) is -0.0446. The Morgan fingerprint density at radius 3 is 2.61 bits per heavy atom. The molecule has 0 spiro atoms. The summed E-state index contributed by atoms with van der Waals surface area (Å²) in [4.78, 5) is 26.5. The molecule has 1 aromatic carbocycles. The zero-order valence-electron chi connectivity index (χ0n) is 13.4. The van der Waals surface area contributed by atoms with E-state index in [4.69, 9.17) is 0 Å². The lowest BCUT2D eigenvalue weighted by Crippen LogP contribution is -2.51. The van der Waals surface area contributed by atoms with Crippen molar-refractivity contribution in [2.75, 3.05) is 18.0 Å². The number of rotatable bonds is 3. The second-order valence-electron chi connectivity index (χ2n) is 6.18. The average molecular weight is 338 g/mol. The summed E-state index contributed by atoms with van der Waals surface area (Å²) in [5, 5.41) is 6.14. The molecule has 2 heterocycles. The minimum Gasteiger partial charge on any atom is -0.343 e. The van der Waals surface area contributed by atoms with E-state index in [9.17, 15) is 9.59 Å². The number of halogens is 1. The van der Waals surface area contributed by atoms with Crippen LogP contribution < -0.4 is 15.5 Å². The predicted octanol–water partition coefficient (Wildman–Crippen LogP) is 1.78. The Hall–Kier alpha value is -1.59. The third kappa shape index (κ3) is 4.03. The van der Waals surface area contributed by atoms with Gasteiger partial charge in [0, 0.05) is 12.2 Å².